The van der Waals surface area contributed by atoms with Crippen LogP contribution in [0.4, 0.5) is 0 Å². The van der Waals surface area contributed by atoms with Crippen molar-refractivity contribution in [2.24, 2.45) is 5.73 Å². The summed E-state index contributed by atoms with van der Waals surface area (Å²) in [5.41, 5.74) is 12.6. The van der Waals surface area contributed by atoms with E-state index in [4.69, 9.17) is 5.73 Å². The van der Waals surface area contributed by atoms with Crippen molar-refractivity contribution in [3.05, 3.63) is 59.2 Å². The van der Waals surface area contributed by atoms with Crippen molar-refractivity contribution in [3.63, 3.8) is 0 Å². The number of nitrogens with zero attached hydrogens (tertiary/aromatic N) is 1. The van der Waals surface area contributed by atoms with Crippen LogP contribution in [0.15, 0.2) is 42.5 Å². The predicted molar refractivity (Wildman–Crippen MR) is 84.4 cm³/mol. The number of hydrogen-bond donors (Lipinski definition) is 1. The van der Waals surface area contributed by atoms with Gasteiger partial charge in [0.1, 0.15) is 0 Å². The van der Waals surface area contributed by atoms with Gasteiger partial charge in [-0.2, -0.15) is 0 Å². The Balaban J connectivity index is 2.08. The maximum atomic E-state index is 5.77. The maximum absolute atomic E-state index is 5.77. The zero-order valence-electron chi connectivity index (χ0n) is 12.3. The zero-order valence-corrected chi connectivity index (χ0v) is 12.3. The molecule has 1 atom stereocenters. The Morgan fingerprint density at radius 1 is 1.20 bits per heavy atom. The van der Waals surface area contributed by atoms with Crippen molar-refractivity contribution < 1.29 is 0 Å². The summed E-state index contributed by atoms with van der Waals surface area (Å²) in [5.74, 6) is 0. The molecule has 2 N–H and O–H groups in total. The lowest BCUT2D eigenvalue weighted by atomic mass is 9.88. The van der Waals surface area contributed by atoms with E-state index < -0.39 is 0 Å². The second-order valence-electron chi connectivity index (χ2n) is 5.82. The molecule has 0 saturated heterocycles. The van der Waals surface area contributed by atoms with Gasteiger partial charge >= 0.3 is 0 Å². The third-order valence-electron chi connectivity index (χ3n) is 4.42. The van der Waals surface area contributed by atoms with Gasteiger partial charge in [-0.05, 0) is 54.3 Å². The molecule has 1 aliphatic rings. The summed E-state index contributed by atoms with van der Waals surface area (Å²) in [6.45, 7) is 3.94. The smallest absolute Gasteiger partial charge is 0.0236 e. The summed E-state index contributed by atoms with van der Waals surface area (Å²) in [5, 5.41) is 0. The van der Waals surface area contributed by atoms with Gasteiger partial charge in [0, 0.05) is 19.1 Å². The predicted octanol–water partition coefficient (Wildman–Crippen LogP) is 3.19. The molecule has 1 heterocycles. The Bertz CT molecular complexity index is 619. The molecule has 1 aliphatic heterocycles. The monoisotopic (exact) mass is 266 g/mol. The van der Waals surface area contributed by atoms with Crippen LogP contribution in [0.3, 0.4) is 0 Å². The van der Waals surface area contributed by atoms with Gasteiger partial charge in [-0.15, -0.1) is 0 Å². The summed E-state index contributed by atoms with van der Waals surface area (Å²) in [4.78, 5) is 2.42. The van der Waals surface area contributed by atoms with Gasteiger partial charge in [-0.1, -0.05) is 36.4 Å². The lowest BCUT2D eigenvalue weighted by Crippen LogP contribution is -2.35. The fraction of sp³-hybridized carbons (Fsp3) is 0.333. The van der Waals surface area contributed by atoms with E-state index in [1.165, 1.54) is 27.8 Å². The summed E-state index contributed by atoms with van der Waals surface area (Å²) >= 11 is 0. The first-order chi connectivity index (χ1) is 9.69. The van der Waals surface area contributed by atoms with Crippen molar-refractivity contribution >= 4 is 0 Å². The second-order valence-corrected chi connectivity index (χ2v) is 5.82. The van der Waals surface area contributed by atoms with E-state index in [1.54, 1.807) is 0 Å². The van der Waals surface area contributed by atoms with Crippen LogP contribution in [0.5, 0.6) is 0 Å². The first-order valence-electron chi connectivity index (χ1n) is 7.29. The quantitative estimate of drug-likeness (QED) is 0.904. The van der Waals surface area contributed by atoms with Gasteiger partial charge in [-0.25, -0.2) is 0 Å². The van der Waals surface area contributed by atoms with E-state index >= 15 is 0 Å². The van der Waals surface area contributed by atoms with Crippen LogP contribution in [0.2, 0.25) is 0 Å². The average Bonchev–Trinajstić information content (AvgIpc) is 2.48. The summed E-state index contributed by atoms with van der Waals surface area (Å²) in [7, 11) is 2.20. The Kier molecular flexibility index (Phi) is 3.60. The van der Waals surface area contributed by atoms with Gasteiger partial charge in [0.15, 0.2) is 0 Å². The van der Waals surface area contributed by atoms with E-state index in [2.05, 4.69) is 61.3 Å². The molecule has 0 saturated carbocycles. The number of likely N-dealkylation sites (N-methyl/N-ethyl adjacent to an activating group) is 1. The van der Waals surface area contributed by atoms with Crippen LogP contribution < -0.4 is 5.73 Å². The van der Waals surface area contributed by atoms with E-state index in [-0.39, 0.29) is 0 Å². The molecule has 1 unspecified atom stereocenters. The topological polar surface area (TPSA) is 29.3 Å². The van der Waals surface area contributed by atoms with Crippen LogP contribution in [0.25, 0.3) is 11.1 Å². The van der Waals surface area contributed by atoms with Crippen LogP contribution in [0, 0.1) is 0 Å². The highest BCUT2D eigenvalue weighted by atomic mass is 15.1. The maximum Gasteiger partial charge on any atom is 0.0236 e. The van der Waals surface area contributed by atoms with E-state index in [9.17, 15) is 0 Å². The summed E-state index contributed by atoms with van der Waals surface area (Å²) < 4.78 is 0. The molecule has 2 aromatic rings. The lowest BCUT2D eigenvalue weighted by molar-refractivity contribution is 0.231. The zero-order chi connectivity index (χ0) is 14.1. The molecule has 2 nitrogen and oxygen atoms in total. The highest BCUT2D eigenvalue weighted by Gasteiger charge is 2.22. The normalized spacial score (nSPS) is 18.9. The second kappa shape index (κ2) is 5.39. The number of hydrogen-bond acceptors (Lipinski definition) is 2. The molecule has 0 amide bonds. The van der Waals surface area contributed by atoms with Gasteiger partial charge in [0.2, 0.25) is 0 Å². The van der Waals surface area contributed by atoms with E-state index in [1.807, 2.05) is 0 Å². The molecule has 0 spiro atoms. The molecule has 0 aliphatic carbocycles. The molecule has 3 rings (SSSR count). The summed E-state index contributed by atoms with van der Waals surface area (Å²) in [6, 6.07) is 15.9. The fourth-order valence-corrected chi connectivity index (χ4v) is 3.04. The number of benzene rings is 2. The molecule has 2 aromatic carbocycles. The third kappa shape index (κ3) is 2.37. The number of nitrogens with two attached hydrogens (primary N) is 1. The van der Waals surface area contributed by atoms with Crippen molar-refractivity contribution in [1.29, 1.82) is 0 Å². The minimum atomic E-state index is 0.598. The van der Waals surface area contributed by atoms with Gasteiger partial charge in [-0.3, -0.25) is 4.90 Å². The highest BCUT2D eigenvalue weighted by Crippen LogP contribution is 2.32. The molecule has 0 aromatic heterocycles. The minimum Gasteiger partial charge on any atom is -0.326 e. The standard InChI is InChI=1S/C18H22N2/c1-13-9-18-16(12-20(13)2)7-4-8-17(18)15-6-3-5-14(10-15)11-19/h3-8,10,13H,9,11-12,19H2,1-2H3. The Hall–Kier alpha value is -1.64. The Morgan fingerprint density at radius 2 is 2.00 bits per heavy atom. The fourth-order valence-electron chi connectivity index (χ4n) is 3.04. The molecule has 2 heteroatoms. The van der Waals surface area contributed by atoms with Crippen molar-refractivity contribution in [2.75, 3.05) is 7.05 Å². The van der Waals surface area contributed by atoms with Crippen molar-refractivity contribution in [2.45, 2.75) is 32.5 Å². The van der Waals surface area contributed by atoms with Crippen molar-refractivity contribution in [3.8, 4) is 11.1 Å². The Labute approximate surface area is 121 Å². The number of rotatable bonds is 2. The SMILES string of the molecule is CC1Cc2c(cccc2-c2cccc(CN)c2)CN1C. The highest BCUT2D eigenvalue weighted by molar-refractivity contribution is 5.70. The van der Waals surface area contributed by atoms with Crippen LogP contribution in [-0.4, -0.2) is 18.0 Å². The molecular formula is C18H22N2. The first kappa shape index (κ1) is 13.3. The minimum absolute atomic E-state index is 0.598. The summed E-state index contributed by atoms with van der Waals surface area (Å²) in [6.07, 6.45) is 1.12. The molecule has 0 fully saturated rings. The van der Waals surface area contributed by atoms with Crippen LogP contribution in [-0.2, 0) is 19.5 Å². The molecule has 104 valence electrons. The third-order valence-corrected chi connectivity index (χ3v) is 4.42. The average molecular weight is 266 g/mol. The van der Waals surface area contributed by atoms with Gasteiger partial charge in [0.25, 0.3) is 0 Å². The molecule has 0 radical (unpaired) electrons. The van der Waals surface area contributed by atoms with Gasteiger partial charge in [0.05, 0.1) is 0 Å². The first-order valence-corrected chi connectivity index (χ1v) is 7.29. The van der Waals surface area contributed by atoms with E-state index in [0.717, 1.165) is 13.0 Å². The molecule has 0 bridgehead atoms. The van der Waals surface area contributed by atoms with Crippen LogP contribution in [0.1, 0.15) is 23.6 Å². The number of fused-ring (bicyclic) bond motifs is 1. The van der Waals surface area contributed by atoms with Crippen molar-refractivity contribution in [1.82, 2.24) is 4.90 Å². The van der Waals surface area contributed by atoms with Crippen LogP contribution >= 0.6 is 0 Å². The Morgan fingerprint density at radius 3 is 2.80 bits per heavy atom. The van der Waals surface area contributed by atoms with E-state index in [0.29, 0.717) is 12.6 Å². The largest absolute Gasteiger partial charge is 0.326 e. The molecular weight excluding hydrogens is 244 g/mol. The lowest BCUT2D eigenvalue weighted by Gasteiger charge is -2.33. The molecule has 20 heavy (non-hydrogen) atoms. The van der Waals surface area contributed by atoms with Gasteiger partial charge < -0.3 is 5.73 Å².